The first-order valence-electron chi connectivity index (χ1n) is 10.5. The lowest BCUT2D eigenvalue weighted by molar-refractivity contribution is 0.0595. The molecule has 0 unspecified atom stereocenters. The van der Waals surface area contributed by atoms with E-state index in [1.807, 2.05) is 31.2 Å². The summed E-state index contributed by atoms with van der Waals surface area (Å²) in [7, 11) is 1.28. The van der Waals surface area contributed by atoms with Crippen molar-refractivity contribution in [1.82, 2.24) is 4.98 Å². The van der Waals surface area contributed by atoms with Gasteiger partial charge in [-0.15, -0.1) is 11.3 Å². The van der Waals surface area contributed by atoms with Crippen molar-refractivity contribution >= 4 is 29.2 Å². The molecule has 0 saturated carbocycles. The number of aryl methyl sites for hydroxylation is 1. The van der Waals surface area contributed by atoms with Gasteiger partial charge in [0, 0.05) is 5.38 Å². The molecule has 5 nitrogen and oxygen atoms in total. The van der Waals surface area contributed by atoms with Gasteiger partial charge >= 0.3 is 5.97 Å². The van der Waals surface area contributed by atoms with Crippen LogP contribution in [-0.4, -0.2) is 30.5 Å². The lowest BCUT2D eigenvalue weighted by atomic mass is 9.99. The van der Waals surface area contributed by atoms with Crippen molar-refractivity contribution in [3.05, 3.63) is 51.5 Å². The van der Waals surface area contributed by atoms with Gasteiger partial charge in [0.15, 0.2) is 17.3 Å². The first-order valence-corrected chi connectivity index (χ1v) is 11.4. The van der Waals surface area contributed by atoms with Gasteiger partial charge in [-0.3, -0.25) is 4.79 Å². The van der Waals surface area contributed by atoms with Crippen molar-refractivity contribution in [1.29, 1.82) is 0 Å². The molecule has 30 heavy (non-hydrogen) atoms. The standard InChI is InChI=1S/C24H31NO4S/c1-4-6-7-8-9-10-12-19-15-20(14-13-18(19)11-5-2)29-16-22(26)23-25-21(17-30-23)24(27)28-3/h5,11,13-15,17H,4,6-10,12,16H2,1-3H3. The normalized spacial score (nSPS) is 11.0. The number of ketones is 1. The number of unbranched alkanes of at least 4 members (excludes halogenated alkanes) is 5. The summed E-state index contributed by atoms with van der Waals surface area (Å²) in [5, 5.41) is 1.76. The van der Waals surface area contributed by atoms with E-state index in [2.05, 4.69) is 22.7 Å². The van der Waals surface area contributed by atoms with Gasteiger partial charge in [-0.1, -0.05) is 57.2 Å². The summed E-state index contributed by atoms with van der Waals surface area (Å²) in [5.41, 5.74) is 2.56. The van der Waals surface area contributed by atoms with Crippen molar-refractivity contribution in [2.75, 3.05) is 13.7 Å². The molecule has 0 aliphatic rings. The number of allylic oxidation sites excluding steroid dienone is 1. The Morgan fingerprint density at radius 3 is 2.63 bits per heavy atom. The van der Waals surface area contributed by atoms with E-state index in [0.29, 0.717) is 5.75 Å². The summed E-state index contributed by atoms with van der Waals surface area (Å²) < 4.78 is 10.3. The third kappa shape index (κ3) is 7.41. The predicted molar refractivity (Wildman–Crippen MR) is 122 cm³/mol. The summed E-state index contributed by atoms with van der Waals surface area (Å²) in [5.74, 6) is -0.141. The number of hydrogen-bond acceptors (Lipinski definition) is 6. The Hall–Kier alpha value is -2.47. The molecule has 0 saturated heterocycles. The maximum Gasteiger partial charge on any atom is 0.357 e. The van der Waals surface area contributed by atoms with E-state index in [9.17, 15) is 9.59 Å². The molecular formula is C24H31NO4S. The Balaban J connectivity index is 1.95. The van der Waals surface area contributed by atoms with E-state index < -0.39 is 5.97 Å². The van der Waals surface area contributed by atoms with Gasteiger partial charge in [-0.25, -0.2) is 9.78 Å². The molecule has 0 fully saturated rings. The Morgan fingerprint density at radius 2 is 1.90 bits per heavy atom. The monoisotopic (exact) mass is 429 g/mol. The van der Waals surface area contributed by atoms with E-state index in [-0.39, 0.29) is 23.1 Å². The van der Waals surface area contributed by atoms with Crippen molar-refractivity contribution in [2.45, 2.75) is 58.8 Å². The molecule has 0 bridgehead atoms. The van der Waals surface area contributed by atoms with E-state index in [1.165, 1.54) is 55.7 Å². The maximum atomic E-state index is 12.4. The molecule has 0 spiro atoms. The second kappa shape index (κ2) is 13.0. The highest BCUT2D eigenvalue weighted by Crippen LogP contribution is 2.22. The number of Topliss-reactive ketones (excluding diaryl/α,β-unsaturated/α-hetero) is 1. The summed E-state index contributed by atoms with van der Waals surface area (Å²) in [6.45, 7) is 4.12. The van der Waals surface area contributed by atoms with Gasteiger partial charge in [-0.05, 0) is 43.0 Å². The van der Waals surface area contributed by atoms with Crippen LogP contribution in [0, 0.1) is 0 Å². The average Bonchev–Trinajstić information content (AvgIpc) is 3.26. The molecule has 6 heteroatoms. The van der Waals surface area contributed by atoms with Gasteiger partial charge < -0.3 is 9.47 Å². The summed E-state index contributed by atoms with van der Waals surface area (Å²) >= 11 is 1.12. The van der Waals surface area contributed by atoms with Crippen molar-refractivity contribution in [3.8, 4) is 5.75 Å². The van der Waals surface area contributed by atoms with Crippen LogP contribution in [-0.2, 0) is 11.2 Å². The molecule has 2 aromatic rings. The Labute approximate surface area is 183 Å². The van der Waals surface area contributed by atoms with Crippen molar-refractivity contribution in [3.63, 3.8) is 0 Å². The van der Waals surface area contributed by atoms with E-state index in [0.717, 1.165) is 24.2 Å². The van der Waals surface area contributed by atoms with E-state index in [4.69, 9.17) is 4.74 Å². The number of carbonyl (C=O) groups excluding carboxylic acids is 2. The van der Waals surface area contributed by atoms with Gasteiger partial charge in [0.05, 0.1) is 7.11 Å². The quantitative estimate of drug-likeness (QED) is 0.218. The highest BCUT2D eigenvalue weighted by Gasteiger charge is 2.16. The number of aromatic nitrogens is 1. The van der Waals surface area contributed by atoms with Gasteiger partial charge in [0.2, 0.25) is 5.78 Å². The topological polar surface area (TPSA) is 65.5 Å². The van der Waals surface area contributed by atoms with Crippen LogP contribution in [0.1, 0.15) is 83.8 Å². The van der Waals surface area contributed by atoms with Crippen molar-refractivity contribution < 1.29 is 19.1 Å². The van der Waals surface area contributed by atoms with Crippen LogP contribution in [0.3, 0.4) is 0 Å². The molecule has 0 amide bonds. The molecule has 1 heterocycles. The smallest absolute Gasteiger partial charge is 0.357 e. The zero-order valence-electron chi connectivity index (χ0n) is 18.1. The minimum absolute atomic E-state index is 0.118. The number of esters is 1. The number of ether oxygens (including phenoxy) is 2. The largest absolute Gasteiger partial charge is 0.485 e. The van der Waals surface area contributed by atoms with Crippen LogP contribution < -0.4 is 4.74 Å². The Kier molecular flexibility index (Phi) is 10.3. The molecular weight excluding hydrogens is 398 g/mol. The van der Waals surface area contributed by atoms with E-state index in [1.54, 1.807) is 0 Å². The molecule has 0 N–H and O–H groups in total. The minimum Gasteiger partial charge on any atom is -0.485 e. The molecule has 0 aliphatic heterocycles. The lowest BCUT2D eigenvalue weighted by Crippen LogP contribution is -2.12. The van der Waals surface area contributed by atoms with E-state index >= 15 is 0 Å². The third-order valence-corrected chi connectivity index (χ3v) is 5.65. The van der Waals surface area contributed by atoms with Crippen LogP contribution in [0.15, 0.2) is 29.7 Å². The first kappa shape index (κ1) is 23.8. The third-order valence-electron chi connectivity index (χ3n) is 4.77. The Morgan fingerprint density at radius 1 is 1.13 bits per heavy atom. The van der Waals surface area contributed by atoms with Gasteiger partial charge in [-0.2, -0.15) is 0 Å². The lowest BCUT2D eigenvalue weighted by Gasteiger charge is -2.11. The average molecular weight is 430 g/mol. The number of benzene rings is 1. The second-order valence-electron chi connectivity index (χ2n) is 7.12. The fraction of sp³-hybridized carbons (Fsp3) is 0.458. The number of rotatable bonds is 13. The summed E-state index contributed by atoms with van der Waals surface area (Å²) in [6.07, 6.45) is 12.6. The summed E-state index contributed by atoms with van der Waals surface area (Å²) in [6, 6.07) is 5.94. The molecule has 0 radical (unpaired) electrons. The molecule has 1 aromatic heterocycles. The van der Waals surface area contributed by atoms with Crippen LogP contribution >= 0.6 is 11.3 Å². The second-order valence-corrected chi connectivity index (χ2v) is 7.98. The maximum absolute atomic E-state index is 12.4. The van der Waals surface area contributed by atoms with Crippen LogP contribution in [0.4, 0.5) is 0 Å². The molecule has 0 atom stereocenters. The molecule has 162 valence electrons. The van der Waals surface area contributed by atoms with Gasteiger partial charge in [0.25, 0.3) is 0 Å². The summed E-state index contributed by atoms with van der Waals surface area (Å²) in [4.78, 5) is 27.9. The number of nitrogens with zero attached hydrogens (tertiary/aromatic N) is 1. The molecule has 2 rings (SSSR count). The van der Waals surface area contributed by atoms with Crippen molar-refractivity contribution in [2.24, 2.45) is 0 Å². The number of methoxy groups -OCH3 is 1. The minimum atomic E-state index is -0.551. The predicted octanol–water partition coefficient (Wildman–Crippen LogP) is 6.13. The highest BCUT2D eigenvalue weighted by molar-refractivity contribution is 7.12. The van der Waals surface area contributed by atoms with Crippen LogP contribution in [0.5, 0.6) is 5.75 Å². The fourth-order valence-electron chi connectivity index (χ4n) is 3.14. The zero-order valence-corrected chi connectivity index (χ0v) is 18.9. The zero-order chi connectivity index (χ0) is 21.8. The highest BCUT2D eigenvalue weighted by atomic mass is 32.1. The number of thiazole rings is 1. The SMILES string of the molecule is CC=Cc1ccc(OCC(=O)c2nc(C(=O)OC)cs2)cc1CCCCCCCC. The van der Waals surface area contributed by atoms with Crippen LogP contribution in [0.25, 0.3) is 6.08 Å². The first-order chi connectivity index (χ1) is 14.6. The number of hydrogen-bond donors (Lipinski definition) is 0. The Bertz CT molecular complexity index is 857. The molecule has 0 aliphatic carbocycles. The fourth-order valence-corrected chi connectivity index (χ4v) is 3.85. The molecule has 1 aromatic carbocycles. The van der Waals surface area contributed by atoms with Crippen LogP contribution in [0.2, 0.25) is 0 Å². The number of carbonyl (C=O) groups is 2. The van der Waals surface area contributed by atoms with Gasteiger partial charge in [0.1, 0.15) is 5.75 Å².